The zero-order chi connectivity index (χ0) is 17.4. The molecular weight excluding hydrogens is 316 g/mol. The third kappa shape index (κ3) is 3.55. The summed E-state index contributed by atoms with van der Waals surface area (Å²) in [6, 6.07) is 8.56. The molecule has 0 saturated carbocycles. The van der Waals surface area contributed by atoms with Crippen LogP contribution >= 0.6 is 0 Å². The number of benzene rings is 1. The minimum absolute atomic E-state index is 0.113. The highest BCUT2D eigenvalue weighted by atomic mass is 16.5. The lowest BCUT2D eigenvalue weighted by molar-refractivity contribution is -0.0917. The van der Waals surface area contributed by atoms with Gasteiger partial charge in [0.1, 0.15) is 6.10 Å². The lowest BCUT2D eigenvalue weighted by Crippen LogP contribution is -2.42. The molecule has 0 radical (unpaired) electrons. The van der Waals surface area contributed by atoms with E-state index in [-0.39, 0.29) is 12.2 Å². The second kappa shape index (κ2) is 6.54. The summed E-state index contributed by atoms with van der Waals surface area (Å²) in [6.07, 6.45) is 1.89. The molecule has 1 aromatic carbocycles. The normalized spacial score (nSPS) is 21.7. The molecule has 2 atom stereocenters. The Morgan fingerprint density at radius 1 is 1.16 bits per heavy atom. The van der Waals surface area contributed by atoms with Crippen molar-refractivity contribution in [3.05, 3.63) is 53.4 Å². The SMILES string of the molecule is Cc1ccc2ncc(CN3C[C@@H](C)O[C@@H](c4nnc(C)o4)C3)cc2c1. The first-order valence-electron chi connectivity index (χ1n) is 8.60. The van der Waals surface area contributed by atoms with E-state index < -0.39 is 0 Å². The molecule has 6 heteroatoms. The number of rotatable bonds is 3. The summed E-state index contributed by atoms with van der Waals surface area (Å²) < 4.78 is 11.5. The molecule has 6 nitrogen and oxygen atoms in total. The largest absolute Gasteiger partial charge is 0.423 e. The Morgan fingerprint density at radius 3 is 2.84 bits per heavy atom. The zero-order valence-corrected chi connectivity index (χ0v) is 14.8. The van der Waals surface area contributed by atoms with E-state index in [1.165, 1.54) is 16.5 Å². The number of morpholine rings is 1. The third-order valence-electron chi connectivity index (χ3n) is 4.45. The van der Waals surface area contributed by atoms with Crippen molar-refractivity contribution in [2.75, 3.05) is 13.1 Å². The molecule has 1 aliphatic rings. The van der Waals surface area contributed by atoms with Crippen molar-refractivity contribution in [3.8, 4) is 0 Å². The Labute approximate surface area is 146 Å². The van der Waals surface area contributed by atoms with Crippen molar-refractivity contribution >= 4 is 10.9 Å². The van der Waals surface area contributed by atoms with E-state index in [1.807, 2.05) is 6.20 Å². The lowest BCUT2D eigenvalue weighted by atomic mass is 10.1. The molecule has 0 spiro atoms. The predicted octanol–water partition coefficient (Wildman–Crippen LogP) is 3.20. The average Bonchev–Trinajstić information content (AvgIpc) is 3.00. The van der Waals surface area contributed by atoms with Crippen molar-refractivity contribution in [3.63, 3.8) is 0 Å². The fraction of sp³-hybridized carbons (Fsp3) is 0.421. The van der Waals surface area contributed by atoms with Crippen LogP contribution in [0.5, 0.6) is 0 Å². The minimum Gasteiger partial charge on any atom is -0.423 e. The van der Waals surface area contributed by atoms with Crippen molar-refractivity contribution in [2.45, 2.75) is 39.5 Å². The predicted molar refractivity (Wildman–Crippen MR) is 94.1 cm³/mol. The van der Waals surface area contributed by atoms with Gasteiger partial charge in [0.2, 0.25) is 11.8 Å². The van der Waals surface area contributed by atoms with Crippen LogP contribution in [0.15, 0.2) is 34.9 Å². The van der Waals surface area contributed by atoms with E-state index in [1.54, 1.807) is 6.92 Å². The summed E-state index contributed by atoms with van der Waals surface area (Å²) in [5.74, 6) is 1.12. The first kappa shape index (κ1) is 16.2. The van der Waals surface area contributed by atoms with Gasteiger partial charge >= 0.3 is 0 Å². The fourth-order valence-electron chi connectivity index (χ4n) is 3.39. The Balaban J connectivity index is 1.53. The number of nitrogens with zero attached hydrogens (tertiary/aromatic N) is 4. The van der Waals surface area contributed by atoms with Gasteiger partial charge in [0.25, 0.3) is 0 Å². The van der Waals surface area contributed by atoms with Crippen molar-refractivity contribution < 1.29 is 9.15 Å². The van der Waals surface area contributed by atoms with E-state index in [2.05, 4.69) is 58.2 Å². The molecule has 0 bridgehead atoms. The van der Waals surface area contributed by atoms with Crippen LogP contribution in [0.25, 0.3) is 10.9 Å². The summed E-state index contributed by atoms with van der Waals surface area (Å²) >= 11 is 0. The topological polar surface area (TPSA) is 64.3 Å². The zero-order valence-electron chi connectivity index (χ0n) is 14.8. The molecule has 25 heavy (non-hydrogen) atoms. The van der Waals surface area contributed by atoms with Crippen LogP contribution in [-0.4, -0.2) is 39.3 Å². The highest BCUT2D eigenvalue weighted by Crippen LogP contribution is 2.26. The summed E-state index contributed by atoms with van der Waals surface area (Å²) in [7, 11) is 0. The molecule has 0 amide bonds. The standard InChI is InChI=1S/C19H22N4O2/c1-12-4-5-17-16(6-12)7-15(8-20-17)10-23-9-13(2)24-18(11-23)19-22-21-14(3)25-19/h4-8,13,18H,9-11H2,1-3H3/t13-,18-/m1/s1. The van der Waals surface area contributed by atoms with Crippen molar-refractivity contribution in [1.29, 1.82) is 0 Å². The maximum atomic E-state index is 5.99. The van der Waals surface area contributed by atoms with Crippen LogP contribution in [0.2, 0.25) is 0 Å². The Bertz CT molecular complexity index is 892. The fourth-order valence-corrected chi connectivity index (χ4v) is 3.39. The van der Waals surface area contributed by atoms with Gasteiger partial charge in [0.15, 0.2) is 0 Å². The number of aromatic nitrogens is 3. The van der Waals surface area contributed by atoms with Crippen molar-refractivity contribution in [1.82, 2.24) is 20.1 Å². The highest BCUT2D eigenvalue weighted by molar-refractivity contribution is 5.79. The summed E-state index contributed by atoms with van der Waals surface area (Å²) in [4.78, 5) is 6.95. The average molecular weight is 338 g/mol. The number of aryl methyl sites for hydroxylation is 2. The molecule has 0 unspecified atom stereocenters. The van der Waals surface area contributed by atoms with Crippen LogP contribution in [0.4, 0.5) is 0 Å². The van der Waals surface area contributed by atoms with Gasteiger partial charge in [0.05, 0.1) is 11.6 Å². The molecule has 1 fully saturated rings. The number of pyridine rings is 1. The van der Waals surface area contributed by atoms with Crippen LogP contribution < -0.4 is 0 Å². The molecule has 2 aromatic heterocycles. The maximum absolute atomic E-state index is 5.99. The van der Waals surface area contributed by atoms with Crippen LogP contribution in [0.1, 0.15) is 35.9 Å². The van der Waals surface area contributed by atoms with Gasteiger partial charge in [-0.3, -0.25) is 9.88 Å². The van der Waals surface area contributed by atoms with E-state index >= 15 is 0 Å². The van der Waals surface area contributed by atoms with Crippen LogP contribution in [0.3, 0.4) is 0 Å². The van der Waals surface area contributed by atoms with Gasteiger partial charge in [-0.2, -0.15) is 0 Å². The monoisotopic (exact) mass is 338 g/mol. The Hall–Kier alpha value is -2.31. The molecule has 0 aliphatic carbocycles. The van der Waals surface area contributed by atoms with E-state index in [9.17, 15) is 0 Å². The third-order valence-corrected chi connectivity index (χ3v) is 4.45. The van der Waals surface area contributed by atoms with Crippen molar-refractivity contribution in [2.24, 2.45) is 0 Å². The first-order valence-corrected chi connectivity index (χ1v) is 8.60. The van der Waals surface area contributed by atoms with Crippen LogP contribution in [0, 0.1) is 13.8 Å². The van der Waals surface area contributed by atoms with Crippen LogP contribution in [-0.2, 0) is 11.3 Å². The molecule has 4 rings (SSSR count). The maximum Gasteiger partial charge on any atom is 0.246 e. The number of hydrogen-bond donors (Lipinski definition) is 0. The smallest absolute Gasteiger partial charge is 0.246 e. The number of fused-ring (bicyclic) bond motifs is 1. The Kier molecular flexibility index (Phi) is 4.23. The minimum atomic E-state index is -0.180. The van der Waals surface area contributed by atoms with E-state index in [0.29, 0.717) is 11.8 Å². The van der Waals surface area contributed by atoms with Gasteiger partial charge < -0.3 is 9.15 Å². The van der Waals surface area contributed by atoms with E-state index in [0.717, 1.165) is 25.2 Å². The molecule has 0 N–H and O–H groups in total. The quantitative estimate of drug-likeness (QED) is 0.731. The molecule has 130 valence electrons. The molecule has 3 aromatic rings. The first-order chi connectivity index (χ1) is 12.1. The molecule has 3 heterocycles. The lowest BCUT2D eigenvalue weighted by Gasteiger charge is -2.35. The van der Waals surface area contributed by atoms with Gasteiger partial charge in [-0.05, 0) is 37.6 Å². The van der Waals surface area contributed by atoms with Gasteiger partial charge in [-0.25, -0.2) is 0 Å². The molecule has 1 saturated heterocycles. The summed E-state index contributed by atoms with van der Waals surface area (Å²) in [5, 5.41) is 9.21. The molecule has 1 aliphatic heterocycles. The Morgan fingerprint density at radius 2 is 2.04 bits per heavy atom. The summed E-state index contributed by atoms with van der Waals surface area (Å²) in [5.41, 5.74) is 3.48. The van der Waals surface area contributed by atoms with E-state index in [4.69, 9.17) is 9.15 Å². The summed E-state index contributed by atoms with van der Waals surface area (Å²) in [6.45, 7) is 8.40. The second-order valence-corrected chi connectivity index (χ2v) is 6.83. The van der Waals surface area contributed by atoms with Gasteiger partial charge in [-0.1, -0.05) is 11.6 Å². The number of ether oxygens (including phenoxy) is 1. The van der Waals surface area contributed by atoms with Gasteiger partial charge in [0, 0.05) is 38.1 Å². The molecular formula is C19H22N4O2. The number of hydrogen-bond acceptors (Lipinski definition) is 6. The highest BCUT2D eigenvalue weighted by Gasteiger charge is 2.30. The second-order valence-electron chi connectivity index (χ2n) is 6.83. The van der Waals surface area contributed by atoms with Gasteiger partial charge in [-0.15, -0.1) is 10.2 Å².